The summed E-state index contributed by atoms with van der Waals surface area (Å²) in [5, 5.41) is 14.8. The van der Waals surface area contributed by atoms with Crippen LogP contribution in [-0.2, 0) is 4.74 Å². The Labute approximate surface area is 147 Å². The number of nitrogen functional groups attached to an aromatic ring is 1. The van der Waals surface area contributed by atoms with Crippen LogP contribution in [0, 0.1) is 10.1 Å². The molecule has 2 aliphatic rings. The highest BCUT2D eigenvalue weighted by Gasteiger charge is 2.32. The van der Waals surface area contributed by atoms with E-state index in [4.69, 9.17) is 10.5 Å². The molecule has 0 amide bonds. The molecule has 0 radical (unpaired) electrons. The number of aromatic nitrogens is 2. The van der Waals surface area contributed by atoms with Gasteiger partial charge in [-0.25, -0.2) is 0 Å². The highest BCUT2D eigenvalue weighted by molar-refractivity contribution is 5.71. The van der Waals surface area contributed by atoms with E-state index in [0.717, 1.165) is 12.8 Å². The summed E-state index contributed by atoms with van der Waals surface area (Å²) in [5.74, 6) is 0.551. The van der Waals surface area contributed by atoms with Crippen LogP contribution in [0.4, 0.5) is 23.3 Å². The van der Waals surface area contributed by atoms with E-state index >= 15 is 0 Å². The minimum atomic E-state index is -0.500. The maximum atomic E-state index is 11.5. The molecule has 1 aliphatic carbocycles. The van der Waals surface area contributed by atoms with Crippen molar-refractivity contribution in [3.05, 3.63) is 10.1 Å². The van der Waals surface area contributed by atoms with Crippen molar-refractivity contribution < 1.29 is 9.66 Å². The molecule has 3 rings (SSSR count). The lowest BCUT2D eigenvalue weighted by Gasteiger charge is -2.35. The largest absolute Gasteiger partial charge is 0.378 e. The van der Waals surface area contributed by atoms with Gasteiger partial charge in [-0.15, -0.1) is 0 Å². The topological polar surface area (TPSA) is 119 Å². The molecule has 0 bridgehead atoms. The molecule has 1 aliphatic heterocycles. The van der Waals surface area contributed by atoms with Crippen molar-refractivity contribution in [3.8, 4) is 0 Å². The van der Waals surface area contributed by atoms with Gasteiger partial charge in [0.15, 0.2) is 0 Å². The fraction of sp³-hybridized carbons (Fsp3) is 0.750. The van der Waals surface area contributed by atoms with Gasteiger partial charge in [-0.3, -0.25) is 10.1 Å². The first-order valence-corrected chi connectivity index (χ1v) is 8.93. The molecular formula is C16H26N6O3. The number of nitro groups is 1. The average molecular weight is 350 g/mol. The molecule has 1 aromatic heterocycles. The Morgan fingerprint density at radius 3 is 2.44 bits per heavy atom. The van der Waals surface area contributed by atoms with E-state index in [9.17, 15) is 10.1 Å². The predicted molar refractivity (Wildman–Crippen MR) is 95.8 cm³/mol. The SMILES string of the molecule is C[C@@H]1CN(c2nc(NC3CCCCC3)nc(N)c2[N+](=O)[O-])C[C@@H](C)O1. The number of nitrogens with one attached hydrogen (secondary N) is 1. The number of hydrogen-bond acceptors (Lipinski definition) is 8. The van der Waals surface area contributed by atoms with Gasteiger partial charge in [0.05, 0.1) is 17.1 Å². The van der Waals surface area contributed by atoms with Crippen molar-refractivity contribution in [2.24, 2.45) is 0 Å². The smallest absolute Gasteiger partial charge is 0.353 e. The van der Waals surface area contributed by atoms with E-state index in [1.165, 1.54) is 19.3 Å². The van der Waals surface area contributed by atoms with Crippen molar-refractivity contribution in [1.82, 2.24) is 9.97 Å². The number of rotatable bonds is 4. The van der Waals surface area contributed by atoms with Gasteiger partial charge < -0.3 is 20.7 Å². The molecule has 25 heavy (non-hydrogen) atoms. The third-order valence-corrected chi connectivity index (χ3v) is 4.73. The summed E-state index contributed by atoms with van der Waals surface area (Å²) in [6, 6.07) is 0.296. The molecule has 2 heterocycles. The Morgan fingerprint density at radius 1 is 1.20 bits per heavy atom. The molecule has 0 spiro atoms. The number of nitrogens with zero attached hydrogens (tertiary/aromatic N) is 4. The fourth-order valence-corrected chi connectivity index (χ4v) is 3.70. The van der Waals surface area contributed by atoms with E-state index in [1.807, 2.05) is 18.7 Å². The van der Waals surface area contributed by atoms with Crippen LogP contribution in [0.25, 0.3) is 0 Å². The van der Waals surface area contributed by atoms with Crippen LogP contribution in [0.2, 0.25) is 0 Å². The summed E-state index contributed by atoms with van der Waals surface area (Å²) >= 11 is 0. The molecule has 0 aromatic carbocycles. The zero-order valence-electron chi connectivity index (χ0n) is 14.8. The Kier molecular flexibility index (Phi) is 5.22. The van der Waals surface area contributed by atoms with E-state index in [0.29, 0.717) is 25.1 Å². The maximum Gasteiger partial charge on any atom is 0.353 e. The van der Waals surface area contributed by atoms with Crippen molar-refractivity contribution in [1.29, 1.82) is 0 Å². The van der Waals surface area contributed by atoms with Crippen LogP contribution in [-0.4, -0.2) is 46.2 Å². The van der Waals surface area contributed by atoms with Gasteiger partial charge in [0.25, 0.3) is 0 Å². The monoisotopic (exact) mass is 350 g/mol. The molecule has 0 unspecified atom stereocenters. The second kappa shape index (κ2) is 7.38. The van der Waals surface area contributed by atoms with Crippen molar-refractivity contribution in [2.45, 2.75) is 64.2 Å². The molecule has 1 saturated heterocycles. The quantitative estimate of drug-likeness (QED) is 0.627. The average Bonchev–Trinajstić information content (AvgIpc) is 2.54. The molecule has 9 heteroatoms. The molecule has 2 atom stereocenters. The lowest BCUT2D eigenvalue weighted by Crippen LogP contribution is -2.46. The molecule has 1 saturated carbocycles. The van der Waals surface area contributed by atoms with E-state index in [1.54, 1.807) is 0 Å². The molecule has 138 valence electrons. The Morgan fingerprint density at radius 2 is 1.84 bits per heavy atom. The predicted octanol–water partition coefficient (Wildman–Crippen LogP) is 2.33. The summed E-state index contributed by atoms with van der Waals surface area (Å²) in [5.41, 5.74) is 5.69. The van der Waals surface area contributed by atoms with Gasteiger partial charge in [0, 0.05) is 19.1 Å². The summed E-state index contributed by atoms with van der Waals surface area (Å²) in [4.78, 5) is 21.5. The van der Waals surface area contributed by atoms with E-state index < -0.39 is 4.92 Å². The molecule has 2 fully saturated rings. The van der Waals surface area contributed by atoms with Gasteiger partial charge in [-0.05, 0) is 26.7 Å². The second-order valence-electron chi connectivity index (χ2n) is 7.00. The zero-order chi connectivity index (χ0) is 18.0. The van der Waals surface area contributed by atoms with Gasteiger partial charge in [-0.1, -0.05) is 19.3 Å². The van der Waals surface area contributed by atoms with Crippen molar-refractivity contribution in [3.63, 3.8) is 0 Å². The second-order valence-corrected chi connectivity index (χ2v) is 7.00. The maximum absolute atomic E-state index is 11.5. The standard InChI is InChI=1S/C16H26N6O3/c1-10-8-21(9-11(2)25-10)15-13(22(23)24)14(17)19-16(20-15)18-12-6-4-3-5-7-12/h10-12H,3-9H2,1-2H3,(H3,17,18,19,20)/t10-,11-/m1/s1. The molecular weight excluding hydrogens is 324 g/mol. The minimum Gasteiger partial charge on any atom is -0.378 e. The number of anilines is 3. The van der Waals surface area contributed by atoms with Crippen LogP contribution >= 0.6 is 0 Å². The summed E-state index contributed by atoms with van der Waals surface area (Å²) < 4.78 is 5.72. The lowest BCUT2D eigenvalue weighted by molar-refractivity contribution is -0.383. The third-order valence-electron chi connectivity index (χ3n) is 4.73. The fourth-order valence-electron chi connectivity index (χ4n) is 3.70. The van der Waals surface area contributed by atoms with Crippen LogP contribution in [0.1, 0.15) is 46.0 Å². The number of ether oxygens (including phenoxy) is 1. The van der Waals surface area contributed by atoms with E-state index in [2.05, 4.69) is 15.3 Å². The van der Waals surface area contributed by atoms with Crippen molar-refractivity contribution in [2.75, 3.05) is 29.0 Å². The number of morpholine rings is 1. The number of hydrogen-bond donors (Lipinski definition) is 2. The summed E-state index contributed by atoms with van der Waals surface area (Å²) in [7, 11) is 0. The summed E-state index contributed by atoms with van der Waals surface area (Å²) in [6.07, 6.45) is 5.64. The Bertz CT molecular complexity index is 625. The summed E-state index contributed by atoms with van der Waals surface area (Å²) in [6.45, 7) is 4.95. The lowest BCUT2D eigenvalue weighted by atomic mass is 9.96. The van der Waals surface area contributed by atoms with Crippen LogP contribution in [0.3, 0.4) is 0 Å². The highest BCUT2D eigenvalue weighted by Crippen LogP contribution is 2.34. The van der Waals surface area contributed by atoms with Gasteiger partial charge >= 0.3 is 5.69 Å². The highest BCUT2D eigenvalue weighted by atomic mass is 16.6. The molecule has 9 nitrogen and oxygen atoms in total. The number of nitrogens with two attached hydrogens (primary N) is 1. The zero-order valence-corrected chi connectivity index (χ0v) is 14.8. The Balaban J connectivity index is 1.91. The first-order chi connectivity index (χ1) is 11.9. The van der Waals surface area contributed by atoms with Gasteiger partial charge in [0.2, 0.25) is 17.6 Å². The Hall–Kier alpha value is -2.16. The first kappa shape index (κ1) is 17.7. The van der Waals surface area contributed by atoms with Gasteiger partial charge in [0.1, 0.15) is 0 Å². The molecule has 1 aromatic rings. The van der Waals surface area contributed by atoms with Crippen LogP contribution < -0.4 is 16.0 Å². The molecule has 3 N–H and O–H groups in total. The third kappa shape index (κ3) is 4.09. The van der Waals surface area contributed by atoms with Crippen molar-refractivity contribution >= 4 is 23.3 Å². The van der Waals surface area contributed by atoms with Gasteiger partial charge in [-0.2, -0.15) is 9.97 Å². The van der Waals surface area contributed by atoms with Crippen LogP contribution in [0.5, 0.6) is 0 Å². The van der Waals surface area contributed by atoms with E-state index in [-0.39, 0.29) is 29.5 Å². The minimum absolute atomic E-state index is 0.0331. The van der Waals surface area contributed by atoms with Crippen LogP contribution in [0.15, 0.2) is 0 Å². The first-order valence-electron chi connectivity index (χ1n) is 8.93. The normalized spacial score (nSPS) is 25.0.